The van der Waals surface area contributed by atoms with Crippen molar-refractivity contribution < 1.29 is 23.1 Å². The third kappa shape index (κ3) is 5.52. The maximum atomic E-state index is 12.4. The van der Waals surface area contributed by atoms with Crippen LogP contribution in [0.25, 0.3) is 0 Å². The van der Waals surface area contributed by atoms with Gasteiger partial charge in [0.05, 0.1) is 18.3 Å². The van der Waals surface area contributed by atoms with Crippen LogP contribution in [0.3, 0.4) is 0 Å². The quantitative estimate of drug-likeness (QED) is 0.622. The van der Waals surface area contributed by atoms with Crippen LogP contribution in [-0.4, -0.2) is 45.5 Å². The zero-order chi connectivity index (χ0) is 16.9. The molecular formula is C15H29NO5S. The number of hydrogen-bond acceptors (Lipinski definition) is 5. The van der Waals surface area contributed by atoms with Crippen LogP contribution in [0, 0.1) is 10.8 Å². The molecule has 1 rings (SSSR count). The number of rotatable bonds is 9. The molecule has 0 radical (unpaired) electrons. The van der Waals surface area contributed by atoms with E-state index in [2.05, 4.69) is 4.72 Å². The molecule has 0 unspecified atom stereocenters. The molecule has 0 saturated heterocycles. The van der Waals surface area contributed by atoms with Gasteiger partial charge in [0.1, 0.15) is 0 Å². The van der Waals surface area contributed by atoms with Crippen molar-refractivity contribution >= 4 is 16.0 Å². The maximum Gasteiger partial charge on any atom is 0.312 e. The summed E-state index contributed by atoms with van der Waals surface area (Å²) in [5.74, 6) is -0.627. The molecule has 2 N–H and O–H groups in total. The Labute approximate surface area is 133 Å². The van der Waals surface area contributed by atoms with Gasteiger partial charge < -0.3 is 9.84 Å². The number of hydrogen-bond donors (Lipinski definition) is 2. The molecule has 0 aromatic heterocycles. The summed E-state index contributed by atoms with van der Waals surface area (Å²) >= 11 is 0. The smallest absolute Gasteiger partial charge is 0.312 e. The number of methoxy groups -OCH3 is 1. The molecule has 0 heterocycles. The van der Waals surface area contributed by atoms with Crippen molar-refractivity contribution in [2.75, 3.05) is 26.0 Å². The molecule has 0 bridgehead atoms. The molecule has 6 nitrogen and oxygen atoms in total. The highest BCUT2D eigenvalue weighted by atomic mass is 32.2. The summed E-state index contributed by atoms with van der Waals surface area (Å²) in [6.45, 7) is 4.31. The van der Waals surface area contributed by atoms with Crippen molar-refractivity contribution in [3.63, 3.8) is 0 Å². The normalized spacial score (nSPS) is 18.4. The van der Waals surface area contributed by atoms with Gasteiger partial charge in [0.2, 0.25) is 10.0 Å². The van der Waals surface area contributed by atoms with Crippen LogP contribution in [0.1, 0.15) is 52.4 Å². The number of carbonyl (C=O) groups excluding carboxylic acids is 1. The summed E-state index contributed by atoms with van der Waals surface area (Å²) in [4.78, 5) is 12.0. The van der Waals surface area contributed by atoms with Gasteiger partial charge in [0.15, 0.2) is 0 Å². The molecule has 7 heteroatoms. The fourth-order valence-electron chi connectivity index (χ4n) is 3.04. The second-order valence-corrected chi connectivity index (χ2v) is 8.86. The Bertz CT molecular complexity index is 466. The van der Waals surface area contributed by atoms with E-state index in [4.69, 9.17) is 9.84 Å². The van der Waals surface area contributed by atoms with Crippen molar-refractivity contribution in [2.24, 2.45) is 10.8 Å². The Morgan fingerprint density at radius 2 is 1.91 bits per heavy atom. The Morgan fingerprint density at radius 3 is 2.41 bits per heavy atom. The average molecular weight is 335 g/mol. The second-order valence-electron chi connectivity index (χ2n) is 7.05. The Morgan fingerprint density at radius 1 is 1.32 bits per heavy atom. The molecule has 22 heavy (non-hydrogen) atoms. The SMILES string of the molecule is COC(=O)C1(CS(=O)(=O)NCC(C)(C)CCCO)CCCC1. The second kappa shape index (κ2) is 7.75. The zero-order valence-corrected chi connectivity index (χ0v) is 14.7. The van der Waals surface area contributed by atoms with Crippen LogP contribution < -0.4 is 4.72 Å². The van der Waals surface area contributed by atoms with Gasteiger partial charge in [-0.15, -0.1) is 0 Å². The summed E-state index contributed by atoms with van der Waals surface area (Å²) in [5.41, 5.74) is -1.13. The summed E-state index contributed by atoms with van der Waals surface area (Å²) < 4.78 is 32.2. The van der Waals surface area contributed by atoms with Gasteiger partial charge in [-0.05, 0) is 31.1 Å². The lowest BCUT2D eigenvalue weighted by Crippen LogP contribution is -2.43. The Kier molecular flexibility index (Phi) is 6.83. The van der Waals surface area contributed by atoms with Crippen molar-refractivity contribution in [3.05, 3.63) is 0 Å². The van der Waals surface area contributed by atoms with E-state index in [1.54, 1.807) is 0 Å². The van der Waals surface area contributed by atoms with Crippen LogP contribution in [0.15, 0.2) is 0 Å². The number of esters is 1. The van der Waals surface area contributed by atoms with E-state index in [-0.39, 0.29) is 17.8 Å². The molecule has 0 amide bonds. The molecule has 0 atom stereocenters. The molecule has 0 aliphatic heterocycles. The number of ether oxygens (including phenoxy) is 1. The Balaban J connectivity index is 2.68. The lowest BCUT2D eigenvalue weighted by molar-refractivity contribution is -0.151. The van der Waals surface area contributed by atoms with E-state index in [0.29, 0.717) is 25.8 Å². The predicted octanol–water partition coefficient (Wildman–Crippen LogP) is 1.44. The van der Waals surface area contributed by atoms with Gasteiger partial charge in [-0.3, -0.25) is 4.79 Å². The minimum absolute atomic E-state index is 0.0988. The van der Waals surface area contributed by atoms with Gasteiger partial charge in [-0.1, -0.05) is 26.7 Å². The highest BCUT2D eigenvalue weighted by molar-refractivity contribution is 7.89. The van der Waals surface area contributed by atoms with Crippen LogP contribution in [-0.2, 0) is 19.6 Å². The van der Waals surface area contributed by atoms with Crippen molar-refractivity contribution in [3.8, 4) is 0 Å². The average Bonchev–Trinajstić information content (AvgIpc) is 2.91. The number of carbonyl (C=O) groups is 1. The van der Waals surface area contributed by atoms with Crippen LogP contribution in [0.2, 0.25) is 0 Å². The van der Waals surface area contributed by atoms with Gasteiger partial charge in [0, 0.05) is 13.2 Å². The van der Waals surface area contributed by atoms with Gasteiger partial charge in [-0.25, -0.2) is 13.1 Å². The maximum absolute atomic E-state index is 12.4. The molecule has 1 aliphatic carbocycles. The first-order valence-corrected chi connectivity index (χ1v) is 9.48. The van der Waals surface area contributed by atoms with Crippen molar-refractivity contribution in [1.82, 2.24) is 4.72 Å². The fraction of sp³-hybridized carbons (Fsp3) is 0.933. The minimum Gasteiger partial charge on any atom is -0.469 e. The van der Waals surface area contributed by atoms with Gasteiger partial charge in [-0.2, -0.15) is 0 Å². The van der Waals surface area contributed by atoms with Crippen molar-refractivity contribution in [1.29, 1.82) is 0 Å². The van der Waals surface area contributed by atoms with E-state index in [1.807, 2.05) is 13.8 Å². The van der Waals surface area contributed by atoms with E-state index in [9.17, 15) is 13.2 Å². The lowest BCUT2D eigenvalue weighted by Gasteiger charge is -2.28. The zero-order valence-electron chi connectivity index (χ0n) is 13.9. The molecule has 1 fully saturated rings. The topological polar surface area (TPSA) is 92.7 Å². The van der Waals surface area contributed by atoms with E-state index < -0.39 is 21.4 Å². The number of aliphatic hydroxyl groups is 1. The summed E-state index contributed by atoms with van der Waals surface area (Å²) in [6.07, 6.45) is 4.21. The van der Waals surface area contributed by atoms with Crippen LogP contribution >= 0.6 is 0 Å². The standard InChI is InChI=1S/C15H29NO5S/c1-14(2,7-6-10-17)11-16-22(19,20)12-15(13(18)21-3)8-4-5-9-15/h16-17H,4-12H2,1-3H3. The molecule has 0 aromatic rings. The third-order valence-electron chi connectivity index (χ3n) is 4.43. The number of aliphatic hydroxyl groups excluding tert-OH is 1. The fourth-order valence-corrected chi connectivity index (χ4v) is 4.89. The molecule has 130 valence electrons. The highest BCUT2D eigenvalue weighted by Gasteiger charge is 2.45. The first-order valence-electron chi connectivity index (χ1n) is 7.83. The lowest BCUT2D eigenvalue weighted by atomic mass is 9.88. The molecule has 0 spiro atoms. The summed E-state index contributed by atoms with van der Waals surface area (Å²) in [5, 5.41) is 8.88. The van der Waals surface area contributed by atoms with Gasteiger partial charge >= 0.3 is 5.97 Å². The van der Waals surface area contributed by atoms with Crippen LogP contribution in [0.4, 0.5) is 0 Å². The summed E-state index contributed by atoms with van der Waals surface area (Å²) in [6, 6.07) is 0. The predicted molar refractivity (Wildman–Crippen MR) is 84.8 cm³/mol. The van der Waals surface area contributed by atoms with E-state index >= 15 is 0 Å². The Hall–Kier alpha value is -0.660. The first kappa shape index (κ1) is 19.4. The molecular weight excluding hydrogens is 306 g/mol. The monoisotopic (exact) mass is 335 g/mol. The third-order valence-corrected chi connectivity index (χ3v) is 5.94. The van der Waals surface area contributed by atoms with Crippen molar-refractivity contribution in [2.45, 2.75) is 52.4 Å². The first-order chi connectivity index (χ1) is 10.2. The largest absolute Gasteiger partial charge is 0.469 e. The number of nitrogens with one attached hydrogen (secondary N) is 1. The summed E-state index contributed by atoms with van der Waals surface area (Å²) in [7, 11) is -2.24. The van der Waals surface area contributed by atoms with E-state index in [0.717, 1.165) is 19.3 Å². The molecule has 1 saturated carbocycles. The number of sulfonamides is 1. The molecule has 0 aromatic carbocycles. The minimum atomic E-state index is -3.55. The molecule has 1 aliphatic rings. The van der Waals surface area contributed by atoms with E-state index in [1.165, 1.54) is 7.11 Å². The highest BCUT2D eigenvalue weighted by Crippen LogP contribution is 2.40. The van der Waals surface area contributed by atoms with Crippen LogP contribution in [0.5, 0.6) is 0 Å². The van der Waals surface area contributed by atoms with Gasteiger partial charge in [0.25, 0.3) is 0 Å².